The molecular formula is C14H20FNO. The Balaban J connectivity index is 2.08. The smallest absolute Gasteiger partial charge is 0.123 e. The lowest BCUT2D eigenvalue weighted by Crippen LogP contribution is -2.42. The molecule has 0 spiro atoms. The van der Waals surface area contributed by atoms with Crippen molar-refractivity contribution in [1.29, 1.82) is 0 Å². The Labute approximate surface area is 102 Å². The first-order chi connectivity index (χ1) is 8.19. The normalized spacial score (nSPS) is 19.7. The van der Waals surface area contributed by atoms with Crippen LogP contribution in [0.25, 0.3) is 0 Å². The van der Waals surface area contributed by atoms with Gasteiger partial charge in [-0.2, -0.15) is 0 Å². The molecule has 2 nitrogen and oxygen atoms in total. The Kier molecular flexibility index (Phi) is 3.79. The molecule has 1 N–H and O–H groups in total. The maximum atomic E-state index is 12.9. The van der Waals surface area contributed by atoms with E-state index in [9.17, 15) is 4.39 Å². The lowest BCUT2D eigenvalue weighted by molar-refractivity contribution is -0.0834. The molecule has 0 amide bonds. The summed E-state index contributed by atoms with van der Waals surface area (Å²) in [5, 5.41) is 3.29. The van der Waals surface area contributed by atoms with Crippen LogP contribution in [-0.4, -0.2) is 19.8 Å². The van der Waals surface area contributed by atoms with E-state index in [4.69, 9.17) is 4.74 Å². The molecule has 94 valence electrons. The summed E-state index contributed by atoms with van der Waals surface area (Å²) >= 11 is 0. The Hall–Kier alpha value is -0.930. The van der Waals surface area contributed by atoms with Gasteiger partial charge in [-0.25, -0.2) is 4.39 Å². The minimum Gasteiger partial charge on any atom is -0.378 e. The van der Waals surface area contributed by atoms with Crippen molar-refractivity contribution in [3.63, 3.8) is 0 Å². The molecule has 17 heavy (non-hydrogen) atoms. The molecule has 0 aromatic heterocycles. The minimum absolute atomic E-state index is 0.0298. The van der Waals surface area contributed by atoms with Crippen molar-refractivity contribution in [2.45, 2.75) is 37.3 Å². The van der Waals surface area contributed by atoms with E-state index < -0.39 is 0 Å². The number of nitrogens with one attached hydrogen (secondary N) is 1. The number of halogens is 1. The fourth-order valence-corrected chi connectivity index (χ4v) is 2.52. The molecule has 0 heterocycles. The lowest BCUT2D eigenvalue weighted by Gasteiger charge is -2.42. The van der Waals surface area contributed by atoms with Crippen LogP contribution >= 0.6 is 0 Å². The van der Waals surface area contributed by atoms with E-state index in [0.717, 1.165) is 24.8 Å². The summed E-state index contributed by atoms with van der Waals surface area (Å²) in [6.45, 7) is 0. The summed E-state index contributed by atoms with van der Waals surface area (Å²) in [4.78, 5) is 0. The number of rotatable bonds is 5. The molecular weight excluding hydrogens is 217 g/mol. The molecule has 1 aromatic carbocycles. The van der Waals surface area contributed by atoms with Crippen LogP contribution in [0.3, 0.4) is 0 Å². The van der Waals surface area contributed by atoms with E-state index in [0.29, 0.717) is 0 Å². The molecule has 2 rings (SSSR count). The second-order valence-corrected chi connectivity index (χ2v) is 4.84. The molecule has 1 aliphatic carbocycles. The minimum atomic E-state index is -0.186. The quantitative estimate of drug-likeness (QED) is 0.850. The van der Waals surface area contributed by atoms with Gasteiger partial charge in [0.15, 0.2) is 0 Å². The van der Waals surface area contributed by atoms with Gasteiger partial charge in [0, 0.05) is 13.2 Å². The fourth-order valence-electron chi connectivity index (χ4n) is 2.52. The second kappa shape index (κ2) is 5.15. The van der Waals surface area contributed by atoms with Crippen molar-refractivity contribution < 1.29 is 9.13 Å². The largest absolute Gasteiger partial charge is 0.378 e. The van der Waals surface area contributed by atoms with E-state index in [1.165, 1.54) is 18.6 Å². The third kappa shape index (κ3) is 2.67. The lowest BCUT2D eigenvalue weighted by atomic mass is 9.74. The van der Waals surface area contributed by atoms with Gasteiger partial charge < -0.3 is 10.1 Å². The fraction of sp³-hybridized carbons (Fsp3) is 0.571. The molecule has 1 aromatic rings. The zero-order chi connectivity index (χ0) is 12.3. The maximum absolute atomic E-state index is 12.9. The third-order valence-electron chi connectivity index (χ3n) is 3.89. The molecule has 1 atom stereocenters. The molecule has 0 aliphatic heterocycles. The van der Waals surface area contributed by atoms with E-state index in [1.54, 1.807) is 7.11 Å². The van der Waals surface area contributed by atoms with Crippen LogP contribution in [0.2, 0.25) is 0 Å². The van der Waals surface area contributed by atoms with E-state index >= 15 is 0 Å². The topological polar surface area (TPSA) is 21.3 Å². The van der Waals surface area contributed by atoms with Gasteiger partial charge in [0.25, 0.3) is 0 Å². The van der Waals surface area contributed by atoms with Gasteiger partial charge in [-0.05, 0) is 50.4 Å². The monoisotopic (exact) mass is 237 g/mol. The Morgan fingerprint density at radius 3 is 2.41 bits per heavy atom. The van der Waals surface area contributed by atoms with Crippen LogP contribution in [0.15, 0.2) is 24.3 Å². The van der Waals surface area contributed by atoms with Gasteiger partial charge in [0.2, 0.25) is 0 Å². The summed E-state index contributed by atoms with van der Waals surface area (Å²) in [5.74, 6) is -0.186. The van der Waals surface area contributed by atoms with Crippen molar-refractivity contribution in [2.24, 2.45) is 0 Å². The average molecular weight is 237 g/mol. The molecule has 0 radical (unpaired) electrons. The first kappa shape index (κ1) is 12.5. The van der Waals surface area contributed by atoms with Crippen molar-refractivity contribution in [2.75, 3.05) is 14.2 Å². The summed E-state index contributed by atoms with van der Waals surface area (Å²) < 4.78 is 18.5. The Morgan fingerprint density at radius 2 is 2.00 bits per heavy atom. The van der Waals surface area contributed by atoms with Crippen LogP contribution in [0.1, 0.15) is 37.3 Å². The number of benzene rings is 1. The maximum Gasteiger partial charge on any atom is 0.123 e. The van der Waals surface area contributed by atoms with Crippen LogP contribution in [0.4, 0.5) is 4.39 Å². The van der Waals surface area contributed by atoms with Gasteiger partial charge in [-0.15, -0.1) is 0 Å². The number of hydrogen-bond donors (Lipinski definition) is 1. The van der Waals surface area contributed by atoms with Crippen LogP contribution in [-0.2, 0) is 4.74 Å². The highest BCUT2D eigenvalue weighted by Gasteiger charge is 2.38. The average Bonchev–Trinajstić information content (AvgIpc) is 2.30. The molecule has 1 fully saturated rings. The Bertz CT molecular complexity index is 353. The van der Waals surface area contributed by atoms with Crippen molar-refractivity contribution in [3.8, 4) is 0 Å². The Morgan fingerprint density at radius 1 is 1.35 bits per heavy atom. The highest BCUT2D eigenvalue weighted by molar-refractivity contribution is 5.20. The van der Waals surface area contributed by atoms with Crippen LogP contribution in [0.5, 0.6) is 0 Å². The predicted molar refractivity (Wildman–Crippen MR) is 66.4 cm³/mol. The molecule has 0 saturated heterocycles. The SMILES string of the molecule is CNC(CC1(OC)CCC1)c1ccc(F)cc1. The van der Waals surface area contributed by atoms with Crippen LogP contribution in [0, 0.1) is 5.82 Å². The zero-order valence-electron chi connectivity index (χ0n) is 10.5. The van der Waals surface area contributed by atoms with Gasteiger partial charge >= 0.3 is 0 Å². The number of ether oxygens (including phenoxy) is 1. The summed E-state index contributed by atoms with van der Waals surface area (Å²) in [6, 6.07) is 6.95. The molecule has 1 unspecified atom stereocenters. The summed E-state index contributed by atoms with van der Waals surface area (Å²) in [6.07, 6.45) is 4.45. The highest BCUT2D eigenvalue weighted by atomic mass is 19.1. The van der Waals surface area contributed by atoms with Gasteiger partial charge in [-0.3, -0.25) is 0 Å². The summed E-state index contributed by atoms with van der Waals surface area (Å²) in [7, 11) is 3.73. The van der Waals surface area contributed by atoms with Gasteiger partial charge in [-0.1, -0.05) is 12.1 Å². The van der Waals surface area contributed by atoms with Crippen molar-refractivity contribution in [3.05, 3.63) is 35.6 Å². The third-order valence-corrected chi connectivity index (χ3v) is 3.89. The molecule has 0 bridgehead atoms. The highest BCUT2D eigenvalue weighted by Crippen LogP contribution is 2.41. The van der Waals surface area contributed by atoms with Gasteiger partial charge in [0.1, 0.15) is 5.82 Å². The number of methoxy groups -OCH3 is 1. The first-order valence-corrected chi connectivity index (χ1v) is 6.17. The van der Waals surface area contributed by atoms with E-state index in [-0.39, 0.29) is 17.5 Å². The zero-order valence-corrected chi connectivity index (χ0v) is 10.5. The molecule has 1 saturated carbocycles. The molecule has 3 heteroatoms. The van der Waals surface area contributed by atoms with Crippen molar-refractivity contribution in [1.82, 2.24) is 5.32 Å². The van der Waals surface area contributed by atoms with Crippen LogP contribution < -0.4 is 5.32 Å². The second-order valence-electron chi connectivity index (χ2n) is 4.84. The molecule has 1 aliphatic rings. The van der Waals surface area contributed by atoms with E-state index in [1.807, 2.05) is 19.2 Å². The number of hydrogen-bond acceptors (Lipinski definition) is 2. The first-order valence-electron chi connectivity index (χ1n) is 6.17. The van der Waals surface area contributed by atoms with E-state index in [2.05, 4.69) is 5.32 Å². The summed E-state index contributed by atoms with van der Waals surface area (Å²) in [5.41, 5.74) is 1.15. The van der Waals surface area contributed by atoms with Crippen molar-refractivity contribution >= 4 is 0 Å². The standard InChI is InChI=1S/C14H20FNO/c1-16-13(10-14(17-2)8-3-9-14)11-4-6-12(15)7-5-11/h4-7,13,16H,3,8-10H2,1-2H3. The predicted octanol–water partition coefficient (Wildman–Crippen LogP) is 3.05. The van der Waals surface area contributed by atoms with Gasteiger partial charge in [0.05, 0.1) is 5.60 Å².